The van der Waals surface area contributed by atoms with E-state index in [9.17, 15) is 13.6 Å². The zero-order valence-corrected chi connectivity index (χ0v) is 17.5. The number of nitrogens with two attached hydrogens (primary N) is 1. The average molecular weight is 448 g/mol. The Morgan fingerprint density at radius 1 is 1.13 bits per heavy atom. The van der Waals surface area contributed by atoms with E-state index in [0.29, 0.717) is 28.7 Å². The highest BCUT2D eigenvalue weighted by atomic mass is 32.2. The minimum Gasteiger partial charge on any atom is -0.336 e. The van der Waals surface area contributed by atoms with Crippen molar-refractivity contribution in [1.29, 1.82) is 0 Å². The van der Waals surface area contributed by atoms with Crippen LogP contribution in [0.15, 0.2) is 53.7 Å². The van der Waals surface area contributed by atoms with Crippen LogP contribution in [0.1, 0.15) is 22.3 Å². The van der Waals surface area contributed by atoms with Gasteiger partial charge in [0.15, 0.2) is 5.82 Å². The molecule has 10 heteroatoms. The van der Waals surface area contributed by atoms with E-state index in [1.165, 1.54) is 16.8 Å². The van der Waals surface area contributed by atoms with Gasteiger partial charge in [0, 0.05) is 24.3 Å². The molecular weight excluding hydrogens is 428 g/mol. The van der Waals surface area contributed by atoms with Crippen LogP contribution < -0.4 is 5.84 Å². The first-order valence-corrected chi connectivity index (χ1v) is 11.3. The Hall–Kier alpha value is -2.59. The van der Waals surface area contributed by atoms with Crippen LogP contribution in [0, 0.1) is 11.6 Å². The molecule has 30 heavy (non-hydrogen) atoms. The molecule has 1 aliphatic rings. The van der Waals surface area contributed by atoms with E-state index < -0.39 is 0 Å². The fourth-order valence-electron chi connectivity index (χ4n) is 3.21. The third-order valence-corrected chi connectivity index (χ3v) is 6.92. The van der Waals surface area contributed by atoms with Gasteiger partial charge in [0.05, 0.1) is 5.75 Å². The van der Waals surface area contributed by atoms with Gasteiger partial charge in [-0.3, -0.25) is 4.79 Å². The van der Waals surface area contributed by atoms with Gasteiger partial charge in [-0.25, -0.2) is 13.5 Å². The number of rotatable bonds is 6. The molecule has 1 saturated heterocycles. The third kappa shape index (κ3) is 4.29. The van der Waals surface area contributed by atoms with Crippen LogP contribution in [-0.2, 0) is 11.2 Å². The maximum atomic E-state index is 14.2. The molecule has 0 radical (unpaired) electrons. The smallest absolute Gasteiger partial charge is 0.234 e. The highest BCUT2D eigenvalue weighted by Crippen LogP contribution is 2.39. The summed E-state index contributed by atoms with van der Waals surface area (Å²) in [5.41, 5.74) is 0.971. The molecule has 0 saturated carbocycles. The lowest BCUT2D eigenvalue weighted by Gasteiger charge is -2.24. The molecule has 2 heterocycles. The van der Waals surface area contributed by atoms with Crippen LogP contribution in [0.4, 0.5) is 8.78 Å². The number of carbonyl (C=O) groups is 1. The van der Waals surface area contributed by atoms with Crippen molar-refractivity contribution in [2.45, 2.75) is 17.0 Å². The van der Waals surface area contributed by atoms with Gasteiger partial charge in [-0.1, -0.05) is 48.2 Å². The molecular formula is C20H19F2N5OS2. The zero-order chi connectivity index (χ0) is 21.1. The Kier molecular flexibility index (Phi) is 6.24. The average Bonchev–Trinajstić information content (AvgIpc) is 3.36. The summed E-state index contributed by atoms with van der Waals surface area (Å²) in [6, 6.07) is 12.9. The van der Waals surface area contributed by atoms with Crippen molar-refractivity contribution in [3.05, 3.63) is 77.1 Å². The molecule has 1 aliphatic heterocycles. The Bertz CT molecular complexity index is 1060. The number of nitrogens with zero attached hydrogens (tertiary/aromatic N) is 4. The minimum absolute atomic E-state index is 0.0978. The second-order valence-corrected chi connectivity index (χ2v) is 8.79. The van der Waals surface area contributed by atoms with Crippen LogP contribution in [0.2, 0.25) is 0 Å². The zero-order valence-electron chi connectivity index (χ0n) is 15.9. The molecule has 2 N–H and O–H groups in total. The molecule has 1 aromatic heterocycles. The fourth-order valence-corrected chi connectivity index (χ4v) is 5.27. The molecule has 156 valence electrons. The third-order valence-electron chi connectivity index (χ3n) is 4.75. The first kappa shape index (κ1) is 20.7. The van der Waals surface area contributed by atoms with Gasteiger partial charge in [-0.2, -0.15) is 0 Å². The standard InChI is InChI=1S/C20H19F2N5OS2/c21-15-7-3-1-5-13(15)11-17-24-25-20(27(17)23)30-12-18(28)26-9-10-29-19(26)14-6-2-4-8-16(14)22/h1-8,19H,9-12,23H2. The van der Waals surface area contributed by atoms with Crippen molar-refractivity contribution in [2.75, 3.05) is 23.9 Å². The van der Waals surface area contributed by atoms with E-state index in [4.69, 9.17) is 5.84 Å². The summed E-state index contributed by atoms with van der Waals surface area (Å²) in [6.07, 6.45) is 0.197. The number of carbonyl (C=O) groups excluding carboxylic acids is 1. The van der Waals surface area contributed by atoms with Crippen LogP contribution in [0.25, 0.3) is 0 Å². The van der Waals surface area contributed by atoms with Crippen molar-refractivity contribution in [3.8, 4) is 0 Å². The number of nitrogen functional groups attached to an aromatic ring is 1. The topological polar surface area (TPSA) is 77.0 Å². The van der Waals surface area contributed by atoms with Crippen LogP contribution in [-0.4, -0.2) is 43.7 Å². The Morgan fingerprint density at radius 3 is 2.63 bits per heavy atom. The predicted octanol–water partition coefficient (Wildman–Crippen LogP) is 3.23. The lowest BCUT2D eigenvalue weighted by molar-refractivity contribution is -0.128. The molecule has 0 aliphatic carbocycles. The number of hydrogen-bond donors (Lipinski definition) is 1. The number of amides is 1. The molecule has 3 aromatic rings. The molecule has 1 unspecified atom stereocenters. The van der Waals surface area contributed by atoms with Crippen LogP contribution >= 0.6 is 23.5 Å². The van der Waals surface area contributed by atoms with Gasteiger partial charge in [0.25, 0.3) is 0 Å². The van der Waals surface area contributed by atoms with Crippen LogP contribution in [0.3, 0.4) is 0 Å². The van der Waals surface area contributed by atoms with E-state index in [0.717, 1.165) is 17.5 Å². The van der Waals surface area contributed by atoms with Crippen molar-refractivity contribution in [1.82, 2.24) is 19.8 Å². The van der Waals surface area contributed by atoms with Crippen LogP contribution in [0.5, 0.6) is 0 Å². The summed E-state index contributed by atoms with van der Waals surface area (Å²) >= 11 is 2.70. The van der Waals surface area contributed by atoms with E-state index in [1.54, 1.807) is 53.1 Å². The van der Waals surface area contributed by atoms with Crippen molar-refractivity contribution < 1.29 is 13.6 Å². The number of halogens is 2. The maximum Gasteiger partial charge on any atom is 0.234 e. The summed E-state index contributed by atoms with van der Waals surface area (Å²) in [5, 5.41) is 8.07. The van der Waals surface area contributed by atoms with Gasteiger partial charge in [-0.05, 0) is 17.7 Å². The largest absolute Gasteiger partial charge is 0.336 e. The number of aromatic nitrogens is 3. The van der Waals surface area contributed by atoms with E-state index in [2.05, 4.69) is 10.2 Å². The Labute approximate surface area is 180 Å². The van der Waals surface area contributed by atoms with Crippen molar-refractivity contribution in [2.24, 2.45) is 0 Å². The molecule has 1 fully saturated rings. The summed E-state index contributed by atoms with van der Waals surface area (Å²) in [5.74, 6) is 6.51. The first-order valence-electron chi connectivity index (χ1n) is 9.25. The minimum atomic E-state index is -0.341. The lowest BCUT2D eigenvalue weighted by Crippen LogP contribution is -2.32. The Balaban J connectivity index is 1.41. The van der Waals surface area contributed by atoms with Gasteiger partial charge in [0.2, 0.25) is 11.1 Å². The summed E-state index contributed by atoms with van der Waals surface area (Å²) in [4.78, 5) is 14.5. The highest BCUT2D eigenvalue weighted by Gasteiger charge is 2.32. The second kappa shape index (κ2) is 9.05. The van der Waals surface area contributed by atoms with E-state index in [1.807, 2.05) is 0 Å². The van der Waals surface area contributed by atoms with E-state index in [-0.39, 0.29) is 35.1 Å². The molecule has 0 spiro atoms. The molecule has 1 amide bonds. The second-order valence-electron chi connectivity index (χ2n) is 6.66. The highest BCUT2D eigenvalue weighted by molar-refractivity contribution is 8.00. The molecule has 2 aromatic carbocycles. The molecule has 1 atom stereocenters. The van der Waals surface area contributed by atoms with E-state index >= 15 is 0 Å². The molecule has 0 bridgehead atoms. The molecule has 4 rings (SSSR count). The maximum absolute atomic E-state index is 14.2. The summed E-state index contributed by atoms with van der Waals surface area (Å²) in [6.45, 7) is 0.552. The normalized spacial score (nSPS) is 16.2. The van der Waals surface area contributed by atoms with Crippen molar-refractivity contribution >= 4 is 29.4 Å². The monoisotopic (exact) mass is 447 g/mol. The molecule has 6 nitrogen and oxygen atoms in total. The quantitative estimate of drug-likeness (QED) is 0.462. The number of thioether (sulfide) groups is 2. The summed E-state index contributed by atoms with van der Waals surface area (Å²) in [7, 11) is 0. The van der Waals surface area contributed by atoms with Gasteiger partial charge >= 0.3 is 0 Å². The fraction of sp³-hybridized carbons (Fsp3) is 0.250. The van der Waals surface area contributed by atoms with Crippen molar-refractivity contribution in [3.63, 3.8) is 0 Å². The predicted molar refractivity (Wildman–Crippen MR) is 113 cm³/mol. The number of hydrogen-bond acceptors (Lipinski definition) is 6. The number of benzene rings is 2. The van der Waals surface area contributed by atoms with Gasteiger partial charge < -0.3 is 10.7 Å². The SMILES string of the molecule is Nn1c(Cc2ccccc2F)nnc1SCC(=O)N1CCSC1c1ccccc1F. The van der Waals surface area contributed by atoms with Gasteiger partial charge in [-0.15, -0.1) is 22.0 Å². The lowest BCUT2D eigenvalue weighted by atomic mass is 10.1. The Morgan fingerprint density at radius 2 is 1.87 bits per heavy atom. The van der Waals surface area contributed by atoms with Gasteiger partial charge in [0.1, 0.15) is 17.0 Å². The summed E-state index contributed by atoms with van der Waals surface area (Å²) < 4.78 is 29.3. The first-order chi connectivity index (χ1) is 14.5.